The number of hydrogen-bond donors (Lipinski definition) is 2. The van der Waals surface area contributed by atoms with Crippen LogP contribution >= 0.6 is 0 Å². The van der Waals surface area contributed by atoms with Gasteiger partial charge in [0.05, 0.1) is 5.75 Å². The van der Waals surface area contributed by atoms with Crippen LogP contribution < -0.4 is 11.1 Å². The fourth-order valence-corrected chi connectivity index (χ4v) is 6.44. The Bertz CT molecular complexity index is 867. The Morgan fingerprint density at radius 2 is 1.76 bits per heavy atom. The molecule has 2 saturated heterocycles. The third-order valence-corrected chi connectivity index (χ3v) is 7.87. The summed E-state index contributed by atoms with van der Waals surface area (Å²) in [6, 6.07) is 0.511. The van der Waals surface area contributed by atoms with Crippen molar-refractivity contribution < 1.29 is 26.4 Å². The average Bonchev–Trinajstić information content (AvgIpc) is 2.90. The molecule has 2 heterocycles. The fourth-order valence-electron chi connectivity index (χ4n) is 4.58. The van der Waals surface area contributed by atoms with E-state index in [1.54, 1.807) is 4.31 Å². The van der Waals surface area contributed by atoms with Crippen LogP contribution in [0, 0.1) is 23.4 Å². The van der Waals surface area contributed by atoms with Crippen molar-refractivity contribution >= 4 is 15.9 Å². The number of fused-ring (bicyclic) bond motifs is 2. The van der Waals surface area contributed by atoms with Gasteiger partial charge in [-0.1, -0.05) is 0 Å². The van der Waals surface area contributed by atoms with Gasteiger partial charge in [-0.3, -0.25) is 4.79 Å². The van der Waals surface area contributed by atoms with Gasteiger partial charge >= 0.3 is 0 Å². The van der Waals surface area contributed by atoms with Crippen LogP contribution in [0.1, 0.15) is 38.2 Å². The predicted molar refractivity (Wildman–Crippen MR) is 102 cm³/mol. The minimum atomic E-state index is -3.51. The van der Waals surface area contributed by atoms with Gasteiger partial charge in [-0.15, -0.1) is 0 Å². The number of carbonyl (C=O) groups excluding carboxylic acids is 1. The van der Waals surface area contributed by atoms with E-state index in [1.165, 1.54) is 6.92 Å². The van der Waals surface area contributed by atoms with Gasteiger partial charge in [-0.25, -0.2) is 21.6 Å². The van der Waals surface area contributed by atoms with E-state index in [0.717, 1.165) is 18.9 Å². The number of nitrogens with zero attached hydrogens (tertiary/aromatic N) is 1. The number of hydrogen-bond acceptors (Lipinski definition) is 4. The summed E-state index contributed by atoms with van der Waals surface area (Å²) < 4.78 is 67.5. The van der Waals surface area contributed by atoms with Crippen LogP contribution in [0.15, 0.2) is 12.1 Å². The summed E-state index contributed by atoms with van der Waals surface area (Å²) in [4.78, 5) is 11.0. The minimum Gasteiger partial charge on any atom is -0.355 e. The van der Waals surface area contributed by atoms with Crippen LogP contribution in [0.2, 0.25) is 0 Å². The number of sulfonamides is 1. The second-order valence-corrected chi connectivity index (χ2v) is 9.96. The van der Waals surface area contributed by atoms with E-state index in [4.69, 9.17) is 5.73 Å². The second-order valence-electron chi connectivity index (χ2n) is 7.97. The molecule has 2 bridgehead atoms. The lowest BCUT2D eigenvalue weighted by Crippen LogP contribution is -2.51. The molecule has 2 aliphatic rings. The average molecular weight is 433 g/mol. The van der Waals surface area contributed by atoms with Crippen molar-refractivity contribution in [3.05, 3.63) is 35.1 Å². The van der Waals surface area contributed by atoms with E-state index in [9.17, 15) is 26.4 Å². The van der Waals surface area contributed by atoms with Crippen molar-refractivity contribution in [3.8, 4) is 0 Å². The monoisotopic (exact) mass is 433 g/mol. The molecule has 1 unspecified atom stereocenters. The molecule has 1 aromatic rings. The molecular formula is C19H26F3N3O3S. The number of piperidine rings is 1. The molecule has 2 fully saturated rings. The minimum absolute atomic E-state index is 0.0223. The zero-order chi connectivity index (χ0) is 21.3. The number of rotatable bonds is 7. The number of nitrogens with two attached hydrogens (primary N) is 1. The van der Waals surface area contributed by atoms with Crippen molar-refractivity contribution in [3.63, 3.8) is 0 Å². The first-order chi connectivity index (χ1) is 13.6. The normalized spacial score (nSPS) is 25.8. The standard InChI is InChI=1S/C19H26F3N3O3S/c1-11(26)24-4-5-29(27,28)25-14-2-3-15(25)7-13(6-14)19(23)9-12-8-17(21)18(22)10-16(12)20/h8,10,13-15,19H,2-7,9,23H2,1H3,(H,24,26)/t14-,15-,19?/m1/s1. The van der Waals surface area contributed by atoms with E-state index in [1.807, 2.05) is 0 Å². The lowest BCUT2D eigenvalue weighted by molar-refractivity contribution is -0.118. The van der Waals surface area contributed by atoms with Crippen LogP contribution in [0.4, 0.5) is 13.2 Å². The molecule has 0 saturated carbocycles. The van der Waals surface area contributed by atoms with Gasteiger partial charge < -0.3 is 11.1 Å². The molecular weight excluding hydrogens is 407 g/mol. The van der Waals surface area contributed by atoms with Crippen molar-refractivity contribution in [2.45, 2.75) is 57.2 Å². The fraction of sp³-hybridized carbons (Fsp3) is 0.632. The molecule has 29 heavy (non-hydrogen) atoms. The van der Waals surface area contributed by atoms with Crippen molar-refractivity contribution in [2.75, 3.05) is 12.3 Å². The smallest absolute Gasteiger partial charge is 0.216 e. The third-order valence-electron chi connectivity index (χ3n) is 5.91. The van der Waals surface area contributed by atoms with E-state index in [2.05, 4.69) is 5.32 Å². The molecule has 162 valence electrons. The summed E-state index contributed by atoms with van der Waals surface area (Å²) in [5.41, 5.74) is 6.28. The van der Waals surface area contributed by atoms with E-state index < -0.39 is 33.5 Å². The number of amides is 1. The van der Waals surface area contributed by atoms with E-state index >= 15 is 0 Å². The molecule has 0 radical (unpaired) electrons. The Morgan fingerprint density at radius 1 is 1.17 bits per heavy atom. The highest BCUT2D eigenvalue weighted by atomic mass is 32.2. The SMILES string of the molecule is CC(=O)NCCS(=O)(=O)N1[C@@H]2CC[C@@H]1CC(C(N)Cc1cc(F)c(F)cc1F)C2. The lowest BCUT2D eigenvalue weighted by Gasteiger charge is -2.40. The zero-order valence-corrected chi connectivity index (χ0v) is 17.0. The van der Waals surface area contributed by atoms with Crippen LogP contribution in [-0.4, -0.2) is 49.1 Å². The summed E-state index contributed by atoms with van der Waals surface area (Å²) in [5, 5.41) is 2.50. The van der Waals surface area contributed by atoms with Crippen LogP contribution in [-0.2, 0) is 21.2 Å². The number of halogens is 3. The molecule has 1 amide bonds. The van der Waals surface area contributed by atoms with Gasteiger partial charge in [0, 0.05) is 37.7 Å². The Morgan fingerprint density at radius 3 is 2.34 bits per heavy atom. The molecule has 3 rings (SSSR count). The van der Waals surface area contributed by atoms with Crippen molar-refractivity contribution in [1.82, 2.24) is 9.62 Å². The van der Waals surface area contributed by atoms with Crippen molar-refractivity contribution in [2.24, 2.45) is 11.7 Å². The van der Waals surface area contributed by atoms with Crippen LogP contribution in [0.25, 0.3) is 0 Å². The maximum Gasteiger partial charge on any atom is 0.216 e. The van der Waals surface area contributed by atoms with Gasteiger partial charge in [0.15, 0.2) is 11.6 Å². The Balaban J connectivity index is 1.65. The molecule has 1 aromatic carbocycles. The van der Waals surface area contributed by atoms with Crippen LogP contribution in [0.5, 0.6) is 0 Å². The molecule has 3 N–H and O–H groups in total. The Kier molecular flexibility index (Phi) is 6.54. The Hall–Kier alpha value is -1.65. The molecule has 0 aliphatic carbocycles. The summed E-state index contributed by atoms with van der Waals surface area (Å²) in [7, 11) is -3.51. The predicted octanol–water partition coefficient (Wildman–Crippen LogP) is 1.68. The molecule has 0 spiro atoms. The van der Waals surface area contributed by atoms with Gasteiger partial charge in [-0.2, -0.15) is 4.31 Å². The van der Waals surface area contributed by atoms with Gasteiger partial charge in [0.1, 0.15) is 5.82 Å². The van der Waals surface area contributed by atoms with Gasteiger partial charge in [0.25, 0.3) is 0 Å². The second kappa shape index (κ2) is 8.61. The first kappa shape index (κ1) is 22.0. The molecule has 10 heteroatoms. The number of nitrogens with one attached hydrogen (secondary N) is 1. The topological polar surface area (TPSA) is 92.5 Å². The first-order valence-corrected chi connectivity index (χ1v) is 11.3. The zero-order valence-electron chi connectivity index (χ0n) is 16.2. The van der Waals surface area contributed by atoms with Gasteiger partial charge in [0.2, 0.25) is 15.9 Å². The Labute approximate surface area is 168 Å². The maximum atomic E-state index is 13.9. The number of benzene rings is 1. The van der Waals surface area contributed by atoms with Gasteiger partial charge in [-0.05, 0) is 49.7 Å². The molecule has 6 nitrogen and oxygen atoms in total. The van der Waals surface area contributed by atoms with E-state index in [-0.39, 0.29) is 48.2 Å². The molecule has 0 aromatic heterocycles. The quantitative estimate of drug-likeness (QED) is 0.640. The number of carbonyl (C=O) groups is 1. The largest absolute Gasteiger partial charge is 0.355 e. The maximum absolute atomic E-state index is 13.9. The molecule has 2 aliphatic heterocycles. The van der Waals surface area contributed by atoms with Crippen molar-refractivity contribution in [1.29, 1.82) is 0 Å². The van der Waals surface area contributed by atoms with Crippen LogP contribution in [0.3, 0.4) is 0 Å². The highest BCUT2D eigenvalue weighted by Gasteiger charge is 2.47. The summed E-state index contributed by atoms with van der Waals surface area (Å²) in [6.45, 7) is 1.39. The summed E-state index contributed by atoms with van der Waals surface area (Å²) in [6.07, 6.45) is 2.60. The van der Waals surface area contributed by atoms with E-state index in [0.29, 0.717) is 18.9 Å². The first-order valence-electron chi connectivity index (χ1n) is 9.73. The summed E-state index contributed by atoms with van der Waals surface area (Å²) >= 11 is 0. The third kappa shape index (κ3) is 4.92. The summed E-state index contributed by atoms with van der Waals surface area (Å²) in [5.74, 6) is -3.67. The highest BCUT2D eigenvalue weighted by Crippen LogP contribution is 2.41. The lowest BCUT2D eigenvalue weighted by atomic mass is 9.83. The highest BCUT2D eigenvalue weighted by molar-refractivity contribution is 7.89. The molecule has 3 atom stereocenters.